The molecule has 7 nitrogen and oxygen atoms in total. The van der Waals surface area contributed by atoms with Crippen LogP contribution < -0.4 is 4.90 Å². The van der Waals surface area contributed by atoms with Gasteiger partial charge in [0.15, 0.2) is 0 Å². The predicted molar refractivity (Wildman–Crippen MR) is 123 cm³/mol. The number of hydrogen-bond acceptors (Lipinski definition) is 5. The van der Waals surface area contributed by atoms with Gasteiger partial charge in [-0.25, -0.2) is 8.42 Å². The van der Waals surface area contributed by atoms with Gasteiger partial charge in [0.05, 0.1) is 27.1 Å². The average Bonchev–Trinajstić information content (AvgIpc) is 3.25. The Morgan fingerprint density at radius 1 is 0.906 bits per heavy atom. The molecular weight excluding hydrogens is 448 g/mol. The van der Waals surface area contributed by atoms with E-state index in [1.54, 1.807) is 17.0 Å². The molecule has 0 unspecified atom stereocenters. The smallest absolute Gasteiger partial charge is 0.255 e. The van der Waals surface area contributed by atoms with Crippen LogP contribution in [0.15, 0.2) is 47.4 Å². The largest absolute Gasteiger partial charge is 0.370 e. The molecule has 2 fully saturated rings. The summed E-state index contributed by atoms with van der Waals surface area (Å²) in [5.41, 5.74) is 1.84. The molecule has 0 atom stereocenters. The highest BCUT2D eigenvalue weighted by molar-refractivity contribution is 7.89. The second-order valence-corrected chi connectivity index (χ2v) is 10.4. The van der Waals surface area contributed by atoms with Crippen LogP contribution in [0.3, 0.4) is 0 Å². The van der Waals surface area contributed by atoms with Crippen molar-refractivity contribution in [2.75, 3.05) is 44.2 Å². The van der Waals surface area contributed by atoms with Crippen molar-refractivity contribution in [1.29, 1.82) is 5.26 Å². The number of nitrogens with zero attached hydrogens (tertiary/aromatic N) is 4. The van der Waals surface area contributed by atoms with Gasteiger partial charge in [-0.1, -0.05) is 11.6 Å². The maximum atomic E-state index is 13.3. The molecule has 0 bridgehead atoms. The number of anilines is 1. The fraction of sp³-hybridized carbons (Fsp3) is 0.391. The molecule has 2 heterocycles. The standard InChI is InChI=1S/C23H25ClN4O3S/c24-22-9-8-20(32(30,31)28-12-1-2-13-28)16-21(22)23(29)27-11-3-10-26(14-15-27)19-6-4-18(17-25)5-7-19/h4-9,16H,1-3,10-15H2. The van der Waals surface area contributed by atoms with Crippen molar-refractivity contribution in [3.05, 3.63) is 58.6 Å². The third-order valence-corrected chi connectivity index (χ3v) is 8.24. The number of carbonyl (C=O) groups excluding carboxylic acids is 1. The Labute approximate surface area is 193 Å². The highest BCUT2D eigenvalue weighted by Gasteiger charge is 2.29. The van der Waals surface area contributed by atoms with Crippen LogP contribution >= 0.6 is 11.6 Å². The van der Waals surface area contributed by atoms with E-state index in [0.717, 1.165) is 31.5 Å². The van der Waals surface area contributed by atoms with Crippen LogP contribution in [0, 0.1) is 11.3 Å². The second kappa shape index (κ2) is 9.49. The molecule has 32 heavy (non-hydrogen) atoms. The average molecular weight is 473 g/mol. The number of sulfonamides is 1. The zero-order chi connectivity index (χ0) is 22.7. The van der Waals surface area contributed by atoms with E-state index in [4.69, 9.17) is 16.9 Å². The van der Waals surface area contributed by atoms with E-state index in [9.17, 15) is 13.2 Å². The number of hydrogen-bond donors (Lipinski definition) is 0. The summed E-state index contributed by atoms with van der Waals surface area (Å²) >= 11 is 6.32. The highest BCUT2D eigenvalue weighted by Crippen LogP contribution is 2.27. The van der Waals surface area contributed by atoms with Gasteiger partial charge >= 0.3 is 0 Å². The third-order valence-electron chi connectivity index (χ3n) is 6.02. The Morgan fingerprint density at radius 2 is 1.62 bits per heavy atom. The minimum absolute atomic E-state index is 0.112. The number of carbonyl (C=O) groups is 1. The Morgan fingerprint density at radius 3 is 2.31 bits per heavy atom. The van der Waals surface area contributed by atoms with Crippen molar-refractivity contribution >= 4 is 33.2 Å². The molecule has 0 N–H and O–H groups in total. The summed E-state index contributed by atoms with van der Waals surface area (Å²) < 4.78 is 27.3. The molecule has 2 aromatic rings. The first-order valence-corrected chi connectivity index (χ1v) is 12.6. The lowest BCUT2D eigenvalue weighted by Gasteiger charge is -2.24. The van der Waals surface area contributed by atoms with Crippen LogP contribution in [0.4, 0.5) is 5.69 Å². The maximum Gasteiger partial charge on any atom is 0.255 e. The first-order valence-electron chi connectivity index (χ1n) is 10.7. The third kappa shape index (κ3) is 4.60. The molecule has 0 radical (unpaired) electrons. The fourth-order valence-electron chi connectivity index (χ4n) is 4.20. The lowest BCUT2D eigenvalue weighted by atomic mass is 10.2. The molecule has 0 spiro atoms. The van der Waals surface area contributed by atoms with E-state index in [1.165, 1.54) is 22.5 Å². The Kier molecular flexibility index (Phi) is 6.70. The van der Waals surface area contributed by atoms with Crippen LogP contribution in [0.1, 0.15) is 35.2 Å². The van der Waals surface area contributed by atoms with Crippen molar-refractivity contribution in [2.45, 2.75) is 24.2 Å². The molecule has 2 aliphatic heterocycles. The van der Waals surface area contributed by atoms with Crippen molar-refractivity contribution < 1.29 is 13.2 Å². The van der Waals surface area contributed by atoms with Gasteiger partial charge in [0.25, 0.3) is 5.91 Å². The summed E-state index contributed by atoms with van der Waals surface area (Å²) in [6, 6.07) is 13.9. The van der Waals surface area contributed by atoms with Gasteiger partial charge in [-0.05, 0) is 61.7 Å². The van der Waals surface area contributed by atoms with Crippen molar-refractivity contribution in [3.63, 3.8) is 0 Å². The maximum absolute atomic E-state index is 13.3. The summed E-state index contributed by atoms with van der Waals surface area (Å²) in [6.45, 7) is 3.49. The minimum Gasteiger partial charge on any atom is -0.370 e. The molecule has 9 heteroatoms. The molecule has 2 saturated heterocycles. The van der Waals surface area contributed by atoms with Gasteiger partial charge < -0.3 is 9.80 Å². The first-order chi connectivity index (χ1) is 15.4. The van der Waals surface area contributed by atoms with E-state index < -0.39 is 10.0 Å². The van der Waals surface area contributed by atoms with E-state index in [-0.39, 0.29) is 21.4 Å². The summed E-state index contributed by atoms with van der Waals surface area (Å²) in [7, 11) is -3.63. The van der Waals surface area contributed by atoms with Gasteiger partial charge in [-0.3, -0.25) is 4.79 Å². The summed E-state index contributed by atoms with van der Waals surface area (Å²) in [4.78, 5) is 17.3. The number of halogens is 1. The fourth-order valence-corrected chi connectivity index (χ4v) is 5.94. The molecule has 4 rings (SSSR count). The van der Waals surface area contributed by atoms with Gasteiger partial charge in [0, 0.05) is 45.0 Å². The molecule has 0 saturated carbocycles. The van der Waals surface area contributed by atoms with Crippen molar-refractivity contribution in [2.24, 2.45) is 0 Å². The molecule has 168 valence electrons. The quantitative estimate of drug-likeness (QED) is 0.681. The highest BCUT2D eigenvalue weighted by atomic mass is 35.5. The molecule has 2 aromatic carbocycles. The number of amides is 1. The van der Waals surface area contributed by atoms with E-state index >= 15 is 0 Å². The van der Waals surface area contributed by atoms with Crippen molar-refractivity contribution in [1.82, 2.24) is 9.21 Å². The molecular formula is C23H25ClN4O3S. The second-order valence-electron chi connectivity index (χ2n) is 8.04. The SMILES string of the molecule is N#Cc1ccc(N2CCCN(C(=O)c3cc(S(=O)(=O)N4CCCC4)ccc3Cl)CC2)cc1. The van der Waals surface area contributed by atoms with Crippen molar-refractivity contribution in [3.8, 4) is 6.07 Å². The summed E-state index contributed by atoms with van der Waals surface area (Å²) in [5, 5.41) is 9.24. The van der Waals surface area contributed by atoms with Crippen LogP contribution in [0.5, 0.6) is 0 Å². The van der Waals surface area contributed by atoms with Gasteiger partial charge in [0.1, 0.15) is 0 Å². The van der Waals surface area contributed by atoms with E-state index in [1.807, 2.05) is 12.1 Å². The normalized spacial score (nSPS) is 17.8. The first kappa shape index (κ1) is 22.6. The number of benzene rings is 2. The monoisotopic (exact) mass is 472 g/mol. The topological polar surface area (TPSA) is 84.7 Å². The van der Waals surface area contributed by atoms with Crippen LogP contribution in [0.25, 0.3) is 0 Å². The number of rotatable bonds is 4. The van der Waals surface area contributed by atoms with Gasteiger partial charge in [-0.2, -0.15) is 9.57 Å². The van der Waals surface area contributed by atoms with Crippen LogP contribution in [-0.4, -0.2) is 62.8 Å². The van der Waals surface area contributed by atoms with Gasteiger partial charge in [-0.15, -0.1) is 0 Å². The van der Waals surface area contributed by atoms with E-state index in [0.29, 0.717) is 38.3 Å². The zero-order valence-corrected chi connectivity index (χ0v) is 19.3. The lowest BCUT2D eigenvalue weighted by molar-refractivity contribution is 0.0767. The molecule has 2 aliphatic rings. The summed E-state index contributed by atoms with van der Waals surface area (Å²) in [6.07, 6.45) is 2.47. The number of nitriles is 1. The molecule has 0 aromatic heterocycles. The Bertz CT molecular complexity index is 1140. The van der Waals surface area contributed by atoms with Crippen LogP contribution in [-0.2, 0) is 10.0 Å². The Balaban J connectivity index is 1.51. The zero-order valence-electron chi connectivity index (χ0n) is 17.7. The van der Waals surface area contributed by atoms with Crippen LogP contribution in [0.2, 0.25) is 5.02 Å². The minimum atomic E-state index is -3.63. The molecule has 1 amide bonds. The lowest BCUT2D eigenvalue weighted by Crippen LogP contribution is -2.35. The Hall–Kier alpha value is -2.60. The van der Waals surface area contributed by atoms with E-state index in [2.05, 4.69) is 11.0 Å². The van der Waals surface area contributed by atoms with Gasteiger partial charge in [0.2, 0.25) is 10.0 Å². The molecule has 0 aliphatic carbocycles. The predicted octanol–water partition coefficient (Wildman–Crippen LogP) is 3.35. The summed E-state index contributed by atoms with van der Waals surface area (Å²) in [5.74, 6) is -0.254.